The number of Topliss-reactive ketones (excluding diaryl/α,β-unsaturated/α-hetero) is 1. The van der Waals surface area contributed by atoms with Crippen LogP contribution in [-0.4, -0.2) is 18.5 Å². The van der Waals surface area contributed by atoms with Crippen molar-refractivity contribution in [2.45, 2.75) is 44.4 Å². The Bertz CT molecular complexity index is 505. The summed E-state index contributed by atoms with van der Waals surface area (Å²) in [4.78, 5) is 11.9. The van der Waals surface area contributed by atoms with Crippen LogP contribution < -0.4 is 0 Å². The minimum atomic E-state index is -4.75. The van der Waals surface area contributed by atoms with Gasteiger partial charge in [-0.25, -0.2) is 4.39 Å². The molecule has 116 valence electrons. The lowest BCUT2D eigenvalue weighted by Gasteiger charge is -2.22. The van der Waals surface area contributed by atoms with Gasteiger partial charge in [-0.15, -0.1) is 0 Å². The van der Waals surface area contributed by atoms with Crippen LogP contribution in [0.1, 0.15) is 48.0 Å². The van der Waals surface area contributed by atoms with Crippen molar-refractivity contribution in [3.05, 3.63) is 35.1 Å². The Labute approximate surface area is 120 Å². The van der Waals surface area contributed by atoms with Crippen molar-refractivity contribution < 1.29 is 27.1 Å². The maximum absolute atomic E-state index is 13.4. The molecule has 0 saturated carbocycles. The standard InChI is InChI=1S/C15H16F4O2/c16-13-9-10(4-6-12(13)15(17,18)19)14(20)7-5-11-3-1-2-8-21-11/h4,6,9,11H,1-3,5,7-8H2. The van der Waals surface area contributed by atoms with Crippen molar-refractivity contribution in [2.24, 2.45) is 0 Å². The summed E-state index contributed by atoms with van der Waals surface area (Å²) in [5.74, 6) is -1.78. The summed E-state index contributed by atoms with van der Waals surface area (Å²) in [5, 5.41) is 0. The number of carbonyl (C=O) groups is 1. The van der Waals surface area contributed by atoms with Gasteiger partial charge in [0.2, 0.25) is 0 Å². The first-order valence-corrected chi connectivity index (χ1v) is 6.89. The van der Waals surface area contributed by atoms with Crippen LogP contribution in [0.5, 0.6) is 0 Å². The number of benzene rings is 1. The minimum Gasteiger partial charge on any atom is -0.378 e. The van der Waals surface area contributed by atoms with Gasteiger partial charge in [0.25, 0.3) is 0 Å². The second-order valence-electron chi connectivity index (χ2n) is 5.14. The molecular weight excluding hydrogens is 288 g/mol. The van der Waals surface area contributed by atoms with Crippen molar-refractivity contribution in [2.75, 3.05) is 6.61 Å². The summed E-state index contributed by atoms with van der Waals surface area (Å²) in [7, 11) is 0. The summed E-state index contributed by atoms with van der Waals surface area (Å²) >= 11 is 0. The van der Waals surface area contributed by atoms with Crippen molar-refractivity contribution in [3.8, 4) is 0 Å². The first-order chi connectivity index (χ1) is 9.88. The normalized spacial score (nSPS) is 19.5. The van der Waals surface area contributed by atoms with Gasteiger partial charge in [0.15, 0.2) is 5.78 Å². The Balaban J connectivity index is 1.97. The summed E-state index contributed by atoms with van der Waals surface area (Å²) in [5.41, 5.74) is -1.38. The molecule has 1 aliphatic rings. The van der Waals surface area contributed by atoms with E-state index in [9.17, 15) is 22.4 Å². The van der Waals surface area contributed by atoms with Gasteiger partial charge in [-0.3, -0.25) is 4.79 Å². The maximum atomic E-state index is 13.4. The lowest BCUT2D eigenvalue weighted by atomic mass is 9.99. The first-order valence-electron chi connectivity index (χ1n) is 6.89. The lowest BCUT2D eigenvalue weighted by molar-refractivity contribution is -0.140. The van der Waals surface area contributed by atoms with Crippen molar-refractivity contribution in [3.63, 3.8) is 0 Å². The molecule has 2 rings (SSSR count). The molecule has 0 amide bonds. The van der Waals surface area contributed by atoms with Gasteiger partial charge in [0.1, 0.15) is 5.82 Å². The van der Waals surface area contributed by atoms with Gasteiger partial charge in [-0.05, 0) is 37.8 Å². The molecule has 6 heteroatoms. The van der Waals surface area contributed by atoms with Gasteiger partial charge in [0.05, 0.1) is 11.7 Å². The SMILES string of the molecule is O=C(CCC1CCCCO1)c1ccc(C(F)(F)F)c(F)c1. The van der Waals surface area contributed by atoms with Crippen LogP contribution >= 0.6 is 0 Å². The Kier molecular flexibility index (Phi) is 4.98. The van der Waals surface area contributed by atoms with E-state index in [2.05, 4.69) is 0 Å². The molecule has 0 radical (unpaired) electrons. The molecule has 1 saturated heterocycles. The van der Waals surface area contributed by atoms with Gasteiger partial charge in [-0.2, -0.15) is 13.2 Å². The average Bonchev–Trinajstić information content (AvgIpc) is 2.44. The number of hydrogen-bond acceptors (Lipinski definition) is 2. The highest BCUT2D eigenvalue weighted by Gasteiger charge is 2.34. The number of hydrogen-bond donors (Lipinski definition) is 0. The number of carbonyl (C=O) groups excluding carboxylic acids is 1. The summed E-state index contributed by atoms with van der Waals surface area (Å²) in [6.45, 7) is 0.674. The quantitative estimate of drug-likeness (QED) is 0.609. The molecule has 2 nitrogen and oxygen atoms in total. The van der Waals surface area contributed by atoms with Crippen LogP contribution in [0.3, 0.4) is 0 Å². The molecule has 21 heavy (non-hydrogen) atoms. The van der Waals surface area contributed by atoms with E-state index in [1.165, 1.54) is 0 Å². The fraction of sp³-hybridized carbons (Fsp3) is 0.533. The Morgan fingerprint density at radius 2 is 2.05 bits per heavy atom. The number of alkyl halides is 3. The molecule has 0 aromatic heterocycles. The number of ether oxygens (including phenoxy) is 1. The van der Waals surface area contributed by atoms with Crippen LogP contribution in [0.15, 0.2) is 18.2 Å². The molecular formula is C15H16F4O2. The second kappa shape index (κ2) is 6.56. The minimum absolute atomic E-state index is 0.0157. The Hall–Kier alpha value is -1.43. The maximum Gasteiger partial charge on any atom is 0.419 e. The molecule has 0 N–H and O–H groups in total. The summed E-state index contributed by atoms with van der Waals surface area (Å²) < 4.78 is 56.2. The lowest BCUT2D eigenvalue weighted by Crippen LogP contribution is -2.20. The highest BCUT2D eigenvalue weighted by Crippen LogP contribution is 2.31. The summed E-state index contributed by atoms with van der Waals surface area (Å²) in [6.07, 6.45) is -1.13. The van der Waals surface area contributed by atoms with Gasteiger partial charge in [0, 0.05) is 18.6 Å². The third-order valence-electron chi connectivity index (χ3n) is 3.56. The number of halogens is 4. The first kappa shape index (κ1) is 15.9. The predicted octanol–water partition coefficient (Wildman–Crippen LogP) is 4.38. The average molecular weight is 304 g/mol. The highest BCUT2D eigenvalue weighted by molar-refractivity contribution is 5.96. The molecule has 0 aliphatic carbocycles. The third-order valence-corrected chi connectivity index (χ3v) is 3.56. The molecule has 1 aromatic carbocycles. The van der Waals surface area contributed by atoms with Gasteiger partial charge in [-0.1, -0.05) is 6.07 Å². The van der Waals surface area contributed by atoms with E-state index in [-0.39, 0.29) is 23.9 Å². The molecule has 1 unspecified atom stereocenters. The second-order valence-corrected chi connectivity index (χ2v) is 5.14. The van der Waals surface area contributed by atoms with Crippen LogP contribution in [0, 0.1) is 5.82 Å². The van der Waals surface area contributed by atoms with Gasteiger partial charge < -0.3 is 4.74 Å². The zero-order valence-electron chi connectivity index (χ0n) is 11.4. The smallest absolute Gasteiger partial charge is 0.378 e. The highest BCUT2D eigenvalue weighted by atomic mass is 19.4. The van der Waals surface area contributed by atoms with Crippen molar-refractivity contribution in [1.29, 1.82) is 0 Å². The van der Waals surface area contributed by atoms with E-state index in [4.69, 9.17) is 4.74 Å². The van der Waals surface area contributed by atoms with Crippen LogP contribution in [0.25, 0.3) is 0 Å². The Morgan fingerprint density at radius 3 is 2.62 bits per heavy atom. The molecule has 1 fully saturated rings. The molecule has 1 atom stereocenters. The fourth-order valence-electron chi connectivity index (χ4n) is 2.39. The van der Waals surface area contributed by atoms with Crippen LogP contribution in [0.4, 0.5) is 17.6 Å². The van der Waals surface area contributed by atoms with Crippen molar-refractivity contribution in [1.82, 2.24) is 0 Å². The van der Waals surface area contributed by atoms with Gasteiger partial charge >= 0.3 is 6.18 Å². The van der Waals surface area contributed by atoms with E-state index in [0.29, 0.717) is 25.2 Å². The molecule has 0 bridgehead atoms. The van der Waals surface area contributed by atoms with E-state index >= 15 is 0 Å². The zero-order chi connectivity index (χ0) is 15.5. The van der Waals surface area contributed by atoms with E-state index in [1.807, 2.05) is 0 Å². The largest absolute Gasteiger partial charge is 0.419 e. The number of rotatable bonds is 4. The monoisotopic (exact) mass is 304 g/mol. The fourth-order valence-corrected chi connectivity index (χ4v) is 2.39. The number of ketones is 1. The van der Waals surface area contributed by atoms with E-state index in [1.54, 1.807) is 0 Å². The predicted molar refractivity (Wildman–Crippen MR) is 68.6 cm³/mol. The molecule has 1 aliphatic heterocycles. The van der Waals surface area contributed by atoms with E-state index < -0.39 is 17.6 Å². The zero-order valence-corrected chi connectivity index (χ0v) is 11.4. The molecule has 1 heterocycles. The topological polar surface area (TPSA) is 26.3 Å². The molecule has 1 aromatic rings. The van der Waals surface area contributed by atoms with Crippen molar-refractivity contribution >= 4 is 5.78 Å². The Morgan fingerprint density at radius 1 is 1.29 bits per heavy atom. The van der Waals surface area contributed by atoms with E-state index in [0.717, 1.165) is 25.3 Å². The molecule has 0 spiro atoms. The third kappa shape index (κ3) is 4.27. The van der Waals surface area contributed by atoms with Crippen LogP contribution in [-0.2, 0) is 10.9 Å². The summed E-state index contributed by atoms with van der Waals surface area (Å²) in [6, 6.07) is 2.29. The van der Waals surface area contributed by atoms with Crippen LogP contribution in [0.2, 0.25) is 0 Å².